The Bertz CT molecular complexity index is 1700. The maximum atomic E-state index is 2.40. The van der Waals surface area contributed by atoms with Crippen molar-refractivity contribution < 1.29 is 0 Å². The van der Waals surface area contributed by atoms with Gasteiger partial charge in [0.15, 0.2) is 0 Å². The van der Waals surface area contributed by atoms with Crippen molar-refractivity contribution in [2.24, 2.45) is 0 Å². The summed E-state index contributed by atoms with van der Waals surface area (Å²) >= 11 is 0. The molecule has 0 spiro atoms. The van der Waals surface area contributed by atoms with E-state index in [4.69, 9.17) is 0 Å². The summed E-state index contributed by atoms with van der Waals surface area (Å²) in [4.78, 5) is 0. The molecule has 0 radical (unpaired) electrons. The van der Waals surface area contributed by atoms with E-state index in [-0.39, 0.29) is 5.92 Å². The lowest BCUT2D eigenvalue weighted by Crippen LogP contribution is -1.98. The van der Waals surface area contributed by atoms with Gasteiger partial charge >= 0.3 is 0 Å². The maximum absolute atomic E-state index is 2.40. The molecule has 194 valence electrons. The molecule has 0 saturated carbocycles. The van der Waals surface area contributed by atoms with E-state index in [0.717, 1.165) is 6.42 Å². The SMILES string of the molecule is CCc1ccc(-c2ccc(-c3ccc(/C(C)=C/C(c4ccccc4)c4ccccc4)cc3)c3ccccc23)cc1. The fourth-order valence-corrected chi connectivity index (χ4v) is 5.69. The number of aryl methyl sites for hydroxylation is 1. The molecule has 0 aliphatic rings. The van der Waals surface area contributed by atoms with Crippen LogP contribution in [0.25, 0.3) is 38.6 Å². The fraction of sp³-hybridized carbons (Fsp3) is 0.100. The Morgan fingerprint density at radius 2 is 0.975 bits per heavy atom. The van der Waals surface area contributed by atoms with Crippen molar-refractivity contribution in [3.8, 4) is 22.3 Å². The van der Waals surface area contributed by atoms with Gasteiger partial charge < -0.3 is 0 Å². The van der Waals surface area contributed by atoms with Gasteiger partial charge in [0.2, 0.25) is 0 Å². The molecule has 6 aromatic rings. The van der Waals surface area contributed by atoms with Gasteiger partial charge in [0.25, 0.3) is 0 Å². The van der Waals surface area contributed by atoms with E-state index in [1.807, 2.05) is 0 Å². The number of allylic oxidation sites excluding steroid dienone is 2. The zero-order valence-electron chi connectivity index (χ0n) is 23.2. The molecule has 6 aromatic carbocycles. The van der Waals surface area contributed by atoms with Gasteiger partial charge in [-0.15, -0.1) is 0 Å². The number of hydrogen-bond acceptors (Lipinski definition) is 0. The molecule has 40 heavy (non-hydrogen) atoms. The second-order valence-electron chi connectivity index (χ2n) is 10.5. The number of hydrogen-bond donors (Lipinski definition) is 0. The molecule has 0 unspecified atom stereocenters. The predicted molar refractivity (Wildman–Crippen MR) is 173 cm³/mol. The van der Waals surface area contributed by atoms with Crippen LogP contribution in [-0.2, 0) is 6.42 Å². The van der Waals surface area contributed by atoms with Crippen LogP contribution < -0.4 is 0 Å². The summed E-state index contributed by atoms with van der Waals surface area (Å²) in [5, 5.41) is 2.57. The first-order chi connectivity index (χ1) is 19.7. The lowest BCUT2D eigenvalue weighted by atomic mass is 9.88. The molecule has 6 rings (SSSR count). The molecule has 0 amide bonds. The van der Waals surface area contributed by atoms with Gasteiger partial charge in [0, 0.05) is 5.92 Å². The highest BCUT2D eigenvalue weighted by molar-refractivity contribution is 6.05. The topological polar surface area (TPSA) is 0 Å². The molecule has 0 aliphatic carbocycles. The average Bonchev–Trinajstić information content (AvgIpc) is 3.04. The summed E-state index contributed by atoms with van der Waals surface area (Å²) < 4.78 is 0. The molecule has 0 saturated heterocycles. The van der Waals surface area contributed by atoms with Crippen molar-refractivity contribution in [1.29, 1.82) is 0 Å². The van der Waals surface area contributed by atoms with Crippen LogP contribution in [0.15, 0.2) is 152 Å². The molecule has 0 atom stereocenters. The maximum Gasteiger partial charge on any atom is 0.0275 e. The van der Waals surface area contributed by atoms with Gasteiger partial charge in [-0.05, 0) is 74.2 Å². The van der Waals surface area contributed by atoms with Crippen molar-refractivity contribution in [2.45, 2.75) is 26.2 Å². The zero-order valence-corrected chi connectivity index (χ0v) is 23.2. The third-order valence-electron chi connectivity index (χ3n) is 7.98. The first-order valence-electron chi connectivity index (χ1n) is 14.2. The molecule has 0 bridgehead atoms. The first kappa shape index (κ1) is 25.6. The third-order valence-corrected chi connectivity index (χ3v) is 7.98. The minimum Gasteiger partial charge on any atom is -0.0691 e. The van der Waals surface area contributed by atoms with Crippen LogP contribution in [-0.4, -0.2) is 0 Å². The van der Waals surface area contributed by atoms with Crippen molar-refractivity contribution in [3.05, 3.63) is 174 Å². The second-order valence-corrected chi connectivity index (χ2v) is 10.5. The van der Waals surface area contributed by atoms with E-state index < -0.39 is 0 Å². The lowest BCUT2D eigenvalue weighted by Gasteiger charge is -2.16. The molecule has 0 nitrogen and oxygen atoms in total. The molecule has 0 aromatic heterocycles. The summed E-state index contributed by atoms with van der Waals surface area (Å²) in [6.07, 6.45) is 3.46. The molecular formula is C40H34. The molecular weight excluding hydrogens is 480 g/mol. The Hall–Kier alpha value is -4.68. The average molecular weight is 515 g/mol. The van der Waals surface area contributed by atoms with E-state index >= 15 is 0 Å². The van der Waals surface area contributed by atoms with Gasteiger partial charge in [0.1, 0.15) is 0 Å². The van der Waals surface area contributed by atoms with Crippen molar-refractivity contribution >= 4 is 16.3 Å². The van der Waals surface area contributed by atoms with Crippen LogP contribution in [0.3, 0.4) is 0 Å². The Morgan fingerprint density at radius 3 is 1.45 bits per heavy atom. The van der Waals surface area contributed by atoms with Crippen molar-refractivity contribution in [2.75, 3.05) is 0 Å². The Kier molecular flexibility index (Phi) is 7.42. The number of benzene rings is 6. The van der Waals surface area contributed by atoms with E-state index in [0.29, 0.717) is 0 Å². The van der Waals surface area contributed by atoms with E-state index in [1.54, 1.807) is 0 Å². The smallest absolute Gasteiger partial charge is 0.0275 e. The van der Waals surface area contributed by atoms with Gasteiger partial charge in [-0.25, -0.2) is 0 Å². The summed E-state index contributed by atoms with van der Waals surface area (Å²) in [6.45, 7) is 4.43. The van der Waals surface area contributed by atoms with Crippen molar-refractivity contribution in [1.82, 2.24) is 0 Å². The predicted octanol–water partition coefficient (Wildman–Crippen LogP) is 11.0. The minimum absolute atomic E-state index is 0.213. The summed E-state index contributed by atoms with van der Waals surface area (Å²) in [5.74, 6) is 0.213. The quantitative estimate of drug-likeness (QED) is 0.199. The van der Waals surface area contributed by atoms with Crippen LogP contribution in [0.4, 0.5) is 0 Å². The molecule has 0 N–H and O–H groups in total. The van der Waals surface area contributed by atoms with Crippen LogP contribution in [0, 0.1) is 0 Å². The number of rotatable bonds is 7. The normalized spacial score (nSPS) is 11.7. The summed E-state index contributed by atoms with van der Waals surface area (Å²) in [6, 6.07) is 52.9. The van der Waals surface area contributed by atoms with Gasteiger partial charge in [-0.2, -0.15) is 0 Å². The Morgan fingerprint density at radius 1 is 0.525 bits per heavy atom. The third kappa shape index (κ3) is 5.26. The molecule has 0 fully saturated rings. The lowest BCUT2D eigenvalue weighted by molar-refractivity contribution is 1.03. The highest BCUT2D eigenvalue weighted by atomic mass is 14.2. The van der Waals surface area contributed by atoms with Gasteiger partial charge in [0.05, 0.1) is 0 Å². The minimum atomic E-state index is 0.213. The van der Waals surface area contributed by atoms with Crippen LogP contribution in [0.1, 0.15) is 42.0 Å². The van der Waals surface area contributed by atoms with Crippen LogP contribution in [0.5, 0.6) is 0 Å². The molecule has 0 aliphatic heterocycles. The van der Waals surface area contributed by atoms with Gasteiger partial charge in [-0.1, -0.05) is 159 Å². The van der Waals surface area contributed by atoms with Crippen LogP contribution >= 0.6 is 0 Å². The largest absolute Gasteiger partial charge is 0.0691 e. The Labute approximate surface area is 238 Å². The van der Waals surface area contributed by atoms with Gasteiger partial charge in [-0.3, -0.25) is 0 Å². The highest BCUT2D eigenvalue weighted by Gasteiger charge is 2.13. The van der Waals surface area contributed by atoms with E-state index in [1.165, 1.54) is 60.9 Å². The summed E-state index contributed by atoms with van der Waals surface area (Å²) in [7, 11) is 0. The molecule has 0 heteroatoms. The first-order valence-corrected chi connectivity index (χ1v) is 14.2. The van der Waals surface area contributed by atoms with E-state index in [2.05, 4.69) is 166 Å². The monoisotopic (exact) mass is 514 g/mol. The standard InChI is InChI=1S/C40H34/c1-3-30-18-20-34(21-19-30)36-26-27-37(39-17-11-10-16-38(36)39)35-24-22-31(23-25-35)29(2)28-40(32-12-6-4-7-13-32)33-14-8-5-9-15-33/h4-28,40H,3H2,1-2H3/b29-28+. The highest BCUT2D eigenvalue weighted by Crippen LogP contribution is 2.36. The number of fused-ring (bicyclic) bond motifs is 1. The zero-order chi connectivity index (χ0) is 27.3. The fourth-order valence-electron chi connectivity index (χ4n) is 5.69. The summed E-state index contributed by atoms with van der Waals surface area (Å²) in [5.41, 5.74) is 11.6. The second kappa shape index (κ2) is 11.6. The van der Waals surface area contributed by atoms with E-state index in [9.17, 15) is 0 Å². The molecule has 0 heterocycles. The van der Waals surface area contributed by atoms with Crippen LogP contribution in [0.2, 0.25) is 0 Å². The Balaban J connectivity index is 1.34. The van der Waals surface area contributed by atoms with Crippen molar-refractivity contribution in [3.63, 3.8) is 0 Å².